The Labute approximate surface area is 120 Å². The van der Waals surface area contributed by atoms with Gasteiger partial charge in [0.1, 0.15) is 5.75 Å². The Morgan fingerprint density at radius 2 is 1.88 bits per heavy atom. The summed E-state index contributed by atoms with van der Waals surface area (Å²) in [7, 11) is 0. The summed E-state index contributed by atoms with van der Waals surface area (Å²) in [6.45, 7) is 0. The number of rotatable bonds is 2. The third-order valence-electron chi connectivity index (χ3n) is 3.17. The van der Waals surface area contributed by atoms with Crippen LogP contribution < -0.4 is 5.73 Å². The fourth-order valence-electron chi connectivity index (χ4n) is 1.93. The van der Waals surface area contributed by atoms with Gasteiger partial charge in [-0.3, -0.25) is 0 Å². The molecule has 1 aliphatic carbocycles. The van der Waals surface area contributed by atoms with Crippen LogP contribution in [0.3, 0.4) is 0 Å². The van der Waals surface area contributed by atoms with Crippen molar-refractivity contribution in [3.8, 4) is 5.75 Å². The molecule has 5 heteroatoms. The molecule has 0 amide bonds. The summed E-state index contributed by atoms with van der Waals surface area (Å²) >= 11 is 10.2. The maximum absolute atomic E-state index is 9.86. The first-order valence-electron chi connectivity index (χ1n) is 5.14. The second-order valence-electron chi connectivity index (χ2n) is 4.13. The molecule has 2 rings (SSSR count). The molecule has 0 aromatic heterocycles. The van der Waals surface area contributed by atoms with E-state index in [0.717, 1.165) is 10.0 Å². The van der Waals surface area contributed by atoms with Crippen molar-refractivity contribution in [1.29, 1.82) is 0 Å². The van der Waals surface area contributed by atoms with Gasteiger partial charge in [0.05, 0.1) is 8.95 Å². The molecular weight excluding hydrogens is 402 g/mol. The van der Waals surface area contributed by atoms with E-state index in [2.05, 4.69) is 47.8 Å². The largest absolute Gasteiger partial charge is 0.506 e. The van der Waals surface area contributed by atoms with Gasteiger partial charge in [-0.25, -0.2) is 0 Å². The van der Waals surface area contributed by atoms with Crippen LogP contribution in [-0.4, -0.2) is 5.11 Å². The number of benzene rings is 1. The summed E-state index contributed by atoms with van der Waals surface area (Å²) in [5.41, 5.74) is 7.20. The van der Waals surface area contributed by atoms with Gasteiger partial charge >= 0.3 is 0 Å². The van der Waals surface area contributed by atoms with E-state index in [-0.39, 0.29) is 11.8 Å². The minimum atomic E-state index is -0.0171. The Hall–Kier alpha value is 0.420. The normalized spacial score (nSPS) is 18.2. The third kappa shape index (κ3) is 2.19. The molecule has 0 bridgehead atoms. The Balaban J connectivity index is 2.42. The van der Waals surface area contributed by atoms with Crippen LogP contribution in [0.2, 0.25) is 0 Å². The molecule has 0 aliphatic heterocycles. The van der Waals surface area contributed by atoms with Crippen LogP contribution in [0.25, 0.3) is 0 Å². The molecule has 88 valence electrons. The first-order valence-corrected chi connectivity index (χ1v) is 7.52. The quantitative estimate of drug-likeness (QED) is 0.750. The first kappa shape index (κ1) is 12.9. The lowest BCUT2D eigenvalue weighted by Crippen LogP contribution is -2.27. The predicted octanol–water partition coefficient (Wildman–Crippen LogP) is 4.48. The smallest absolute Gasteiger partial charge is 0.144 e. The van der Waals surface area contributed by atoms with Crippen molar-refractivity contribution in [2.24, 2.45) is 11.7 Å². The summed E-state index contributed by atoms with van der Waals surface area (Å²) in [5.74, 6) is 0.751. The van der Waals surface area contributed by atoms with Gasteiger partial charge in [0.25, 0.3) is 0 Å². The van der Waals surface area contributed by atoms with Gasteiger partial charge < -0.3 is 10.8 Å². The van der Waals surface area contributed by atoms with E-state index in [1.807, 2.05) is 6.07 Å². The Morgan fingerprint density at radius 3 is 2.38 bits per heavy atom. The van der Waals surface area contributed by atoms with Crippen LogP contribution in [0, 0.1) is 5.92 Å². The molecule has 1 aliphatic rings. The lowest BCUT2D eigenvalue weighted by atomic mass is 9.77. The summed E-state index contributed by atoms with van der Waals surface area (Å²) < 4.78 is 2.28. The van der Waals surface area contributed by atoms with Gasteiger partial charge in [-0.1, -0.05) is 22.4 Å². The molecule has 3 N–H and O–H groups in total. The van der Waals surface area contributed by atoms with Crippen LogP contribution in [0.4, 0.5) is 0 Å². The van der Waals surface area contributed by atoms with E-state index >= 15 is 0 Å². The number of phenols is 1. The zero-order valence-electron chi connectivity index (χ0n) is 8.51. The van der Waals surface area contributed by atoms with Crippen molar-refractivity contribution in [3.05, 3.63) is 25.0 Å². The highest BCUT2D eigenvalue weighted by Crippen LogP contribution is 2.46. The van der Waals surface area contributed by atoms with Gasteiger partial charge in [0.15, 0.2) is 0 Å². The SMILES string of the molecule is N[C@@H](c1c(Br)cc(Br)c(O)c1Br)C1CCC1. The van der Waals surface area contributed by atoms with E-state index in [1.54, 1.807) is 0 Å². The van der Waals surface area contributed by atoms with Gasteiger partial charge in [-0.05, 0) is 56.7 Å². The molecule has 1 fully saturated rings. The van der Waals surface area contributed by atoms with Crippen LogP contribution in [0.15, 0.2) is 19.5 Å². The maximum atomic E-state index is 9.86. The van der Waals surface area contributed by atoms with Crippen LogP contribution in [0.5, 0.6) is 5.75 Å². The fraction of sp³-hybridized carbons (Fsp3) is 0.455. The topological polar surface area (TPSA) is 46.2 Å². The van der Waals surface area contributed by atoms with E-state index in [9.17, 15) is 5.11 Å². The fourth-order valence-corrected chi connectivity index (χ4v) is 4.58. The monoisotopic (exact) mass is 411 g/mol. The second kappa shape index (κ2) is 4.96. The van der Waals surface area contributed by atoms with Crippen LogP contribution >= 0.6 is 47.8 Å². The van der Waals surface area contributed by atoms with Crippen molar-refractivity contribution in [2.75, 3.05) is 0 Å². The van der Waals surface area contributed by atoms with Crippen LogP contribution in [-0.2, 0) is 0 Å². The average Bonchev–Trinajstić information content (AvgIpc) is 2.11. The zero-order chi connectivity index (χ0) is 11.9. The third-order valence-corrected chi connectivity index (χ3v) is 5.24. The molecule has 1 atom stereocenters. The Morgan fingerprint density at radius 1 is 1.25 bits per heavy atom. The van der Waals surface area contributed by atoms with Crippen molar-refractivity contribution in [2.45, 2.75) is 25.3 Å². The molecule has 1 saturated carbocycles. The highest BCUT2D eigenvalue weighted by molar-refractivity contribution is 9.11. The molecule has 16 heavy (non-hydrogen) atoms. The summed E-state index contributed by atoms with van der Waals surface area (Å²) in [4.78, 5) is 0. The van der Waals surface area contributed by atoms with E-state index in [1.165, 1.54) is 19.3 Å². The predicted molar refractivity (Wildman–Crippen MR) is 75.5 cm³/mol. The summed E-state index contributed by atoms with van der Waals surface area (Å²) in [6.07, 6.45) is 3.61. The van der Waals surface area contributed by atoms with E-state index < -0.39 is 0 Å². The van der Waals surface area contributed by atoms with Gasteiger partial charge in [-0.15, -0.1) is 0 Å². The number of hydrogen-bond donors (Lipinski definition) is 2. The minimum Gasteiger partial charge on any atom is -0.506 e. The molecule has 0 unspecified atom stereocenters. The number of aromatic hydroxyl groups is 1. The molecule has 1 aromatic rings. The highest BCUT2D eigenvalue weighted by Gasteiger charge is 2.29. The molecule has 0 saturated heterocycles. The van der Waals surface area contributed by atoms with Crippen molar-refractivity contribution in [3.63, 3.8) is 0 Å². The summed E-state index contributed by atoms with van der Waals surface area (Å²) in [6, 6.07) is 1.82. The minimum absolute atomic E-state index is 0.0171. The Bertz CT molecular complexity index is 418. The van der Waals surface area contributed by atoms with Crippen LogP contribution in [0.1, 0.15) is 30.9 Å². The van der Waals surface area contributed by atoms with E-state index in [4.69, 9.17) is 5.73 Å². The number of nitrogens with two attached hydrogens (primary N) is 1. The second-order valence-corrected chi connectivity index (χ2v) is 6.63. The molecule has 1 aromatic carbocycles. The van der Waals surface area contributed by atoms with E-state index in [0.29, 0.717) is 14.9 Å². The van der Waals surface area contributed by atoms with Gasteiger partial charge in [0, 0.05) is 16.1 Å². The van der Waals surface area contributed by atoms with Crippen molar-refractivity contribution < 1.29 is 5.11 Å². The number of halogens is 3. The molecule has 0 radical (unpaired) electrons. The lowest BCUT2D eigenvalue weighted by Gasteiger charge is -2.32. The van der Waals surface area contributed by atoms with Crippen molar-refractivity contribution in [1.82, 2.24) is 0 Å². The maximum Gasteiger partial charge on any atom is 0.144 e. The molecule has 0 spiro atoms. The number of hydrogen-bond acceptors (Lipinski definition) is 2. The number of phenolic OH excluding ortho intramolecular Hbond substituents is 1. The molecular formula is C11H12Br3NO. The van der Waals surface area contributed by atoms with Crippen molar-refractivity contribution >= 4 is 47.8 Å². The first-order chi connectivity index (χ1) is 7.52. The van der Waals surface area contributed by atoms with Gasteiger partial charge in [-0.2, -0.15) is 0 Å². The summed E-state index contributed by atoms with van der Waals surface area (Å²) in [5, 5.41) is 9.86. The average molecular weight is 414 g/mol. The zero-order valence-corrected chi connectivity index (χ0v) is 13.3. The standard InChI is InChI=1S/C11H12Br3NO/c12-6-4-7(13)11(16)9(14)8(6)10(15)5-2-1-3-5/h4-5,10,16H,1-3,15H2/t10-/m1/s1. The lowest BCUT2D eigenvalue weighted by molar-refractivity contribution is 0.263. The molecule has 2 nitrogen and oxygen atoms in total. The highest BCUT2D eigenvalue weighted by atomic mass is 79.9. The van der Waals surface area contributed by atoms with Gasteiger partial charge in [0.2, 0.25) is 0 Å². The molecule has 0 heterocycles. The Kier molecular flexibility index (Phi) is 3.99.